The minimum Gasteiger partial charge on any atom is -0.493 e. The monoisotopic (exact) mass is 492 g/mol. The molecule has 0 spiro atoms. The quantitative estimate of drug-likeness (QED) is 0.358. The molecule has 0 fully saturated rings. The summed E-state index contributed by atoms with van der Waals surface area (Å²) in [6, 6.07) is 13.2. The minimum absolute atomic E-state index is 0.0200. The Hall–Kier alpha value is -3.59. The van der Waals surface area contributed by atoms with Crippen LogP contribution in [0.15, 0.2) is 58.1 Å². The number of carbonyl (C=O) groups excluding carboxylic acids is 1. The molecule has 0 saturated heterocycles. The van der Waals surface area contributed by atoms with E-state index in [9.17, 15) is 4.79 Å². The first-order valence-corrected chi connectivity index (χ1v) is 12.3. The first-order valence-electron chi connectivity index (χ1n) is 11.5. The van der Waals surface area contributed by atoms with Crippen LogP contribution in [0.3, 0.4) is 0 Å². The molecule has 2 aromatic carbocycles. The van der Waals surface area contributed by atoms with Crippen LogP contribution in [0.1, 0.15) is 37.3 Å². The number of nitrogens with one attached hydrogen (secondary N) is 1. The van der Waals surface area contributed by atoms with Gasteiger partial charge in [0.2, 0.25) is 5.17 Å². The SMILES string of the molecule is CCCCC1=NN2C(=N)/C(=C/c3ccc(OCCOc4ccc(C)cc4)c(OC)c3)C(=O)N=C2S1. The van der Waals surface area contributed by atoms with Crippen LogP contribution in [-0.2, 0) is 4.79 Å². The third kappa shape index (κ3) is 5.92. The first kappa shape index (κ1) is 24.5. The molecule has 0 bridgehead atoms. The highest BCUT2D eigenvalue weighted by atomic mass is 32.2. The fourth-order valence-corrected chi connectivity index (χ4v) is 4.39. The van der Waals surface area contributed by atoms with Crippen molar-refractivity contribution in [2.24, 2.45) is 10.1 Å². The number of thioether (sulfide) groups is 1. The lowest BCUT2D eigenvalue weighted by atomic mass is 10.1. The fourth-order valence-electron chi connectivity index (χ4n) is 3.47. The zero-order chi connectivity index (χ0) is 24.8. The lowest BCUT2D eigenvalue weighted by molar-refractivity contribution is -0.114. The summed E-state index contributed by atoms with van der Waals surface area (Å²) in [6.07, 6.45) is 4.49. The maximum atomic E-state index is 12.6. The zero-order valence-electron chi connectivity index (χ0n) is 20.0. The molecule has 182 valence electrons. The summed E-state index contributed by atoms with van der Waals surface area (Å²) in [5.41, 5.74) is 2.05. The maximum Gasteiger partial charge on any atom is 0.283 e. The molecule has 2 aliphatic heterocycles. The minimum atomic E-state index is -0.451. The number of aryl methyl sites for hydroxylation is 1. The lowest BCUT2D eigenvalue weighted by Crippen LogP contribution is -2.35. The summed E-state index contributed by atoms with van der Waals surface area (Å²) in [5, 5.41) is 15.8. The van der Waals surface area contributed by atoms with E-state index in [1.165, 1.54) is 22.3 Å². The van der Waals surface area contributed by atoms with Gasteiger partial charge >= 0.3 is 0 Å². The molecule has 0 atom stereocenters. The third-order valence-corrected chi connectivity index (χ3v) is 6.34. The van der Waals surface area contributed by atoms with Crippen molar-refractivity contribution in [2.75, 3.05) is 20.3 Å². The summed E-state index contributed by atoms with van der Waals surface area (Å²) in [4.78, 5) is 16.8. The average Bonchev–Trinajstić information content (AvgIpc) is 3.27. The molecule has 8 nitrogen and oxygen atoms in total. The number of unbranched alkanes of at least 4 members (excludes halogenated alkanes) is 1. The van der Waals surface area contributed by atoms with E-state index in [0.717, 1.165) is 30.1 Å². The largest absolute Gasteiger partial charge is 0.493 e. The number of nitrogens with zero attached hydrogens (tertiary/aromatic N) is 3. The second kappa shape index (κ2) is 11.2. The van der Waals surface area contributed by atoms with E-state index >= 15 is 0 Å². The fraction of sp³-hybridized carbons (Fsp3) is 0.308. The molecule has 2 heterocycles. The number of fused-ring (bicyclic) bond motifs is 1. The van der Waals surface area contributed by atoms with Crippen molar-refractivity contribution in [3.05, 3.63) is 59.2 Å². The Bertz CT molecular complexity index is 1200. The Morgan fingerprint density at radius 1 is 1.09 bits per heavy atom. The van der Waals surface area contributed by atoms with Gasteiger partial charge in [-0.3, -0.25) is 10.2 Å². The molecule has 0 saturated carbocycles. The number of rotatable bonds is 10. The molecule has 35 heavy (non-hydrogen) atoms. The highest BCUT2D eigenvalue weighted by Gasteiger charge is 2.35. The van der Waals surface area contributed by atoms with Crippen LogP contribution in [0.25, 0.3) is 6.08 Å². The van der Waals surface area contributed by atoms with Gasteiger partial charge in [0.15, 0.2) is 17.3 Å². The van der Waals surface area contributed by atoms with Gasteiger partial charge in [0.25, 0.3) is 5.91 Å². The Labute approximate surface area is 209 Å². The number of carbonyl (C=O) groups is 1. The molecule has 1 N–H and O–H groups in total. The molecule has 0 unspecified atom stereocenters. The number of hydrazone groups is 1. The van der Waals surface area contributed by atoms with Crippen LogP contribution in [-0.4, -0.2) is 47.3 Å². The first-order chi connectivity index (χ1) is 17.0. The van der Waals surface area contributed by atoms with E-state index in [2.05, 4.69) is 17.0 Å². The van der Waals surface area contributed by atoms with Gasteiger partial charge in [-0.05, 0) is 67.4 Å². The summed E-state index contributed by atoms with van der Waals surface area (Å²) in [5.74, 6) is 1.44. The van der Waals surface area contributed by atoms with Crippen molar-refractivity contribution in [3.63, 3.8) is 0 Å². The van der Waals surface area contributed by atoms with Crippen molar-refractivity contribution >= 4 is 39.8 Å². The van der Waals surface area contributed by atoms with E-state index in [1.807, 2.05) is 31.2 Å². The van der Waals surface area contributed by atoms with E-state index in [4.69, 9.17) is 19.6 Å². The van der Waals surface area contributed by atoms with Crippen LogP contribution in [0.2, 0.25) is 0 Å². The average molecular weight is 493 g/mol. The summed E-state index contributed by atoms with van der Waals surface area (Å²) >= 11 is 1.36. The lowest BCUT2D eigenvalue weighted by Gasteiger charge is -2.20. The van der Waals surface area contributed by atoms with Crippen LogP contribution >= 0.6 is 11.8 Å². The molecule has 2 aliphatic rings. The molecular weight excluding hydrogens is 464 g/mol. The Morgan fingerprint density at radius 3 is 2.60 bits per heavy atom. The number of methoxy groups -OCH3 is 1. The molecule has 2 aromatic rings. The van der Waals surface area contributed by atoms with Crippen molar-refractivity contribution in [1.82, 2.24) is 5.01 Å². The topological polar surface area (TPSA) is 96.6 Å². The molecular formula is C26H28N4O4S. The summed E-state index contributed by atoms with van der Waals surface area (Å²) in [7, 11) is 1.56. The predicted octanol–water partition coefficient (Wildman–Crippen LogP) is 5.27. The Kier molecular flexibility index (Phi) is 7.87. The van der Waals surface area contributed by atoms with Gasteiger partial charge in [0.1, 0.15) is 24.0 Å². The summed E-state index contributed by atoms with van der Waals surface area (Å²) in [6.45, 7) is 4.87. The standard InChI is InChI=1S/C26H28N4O4S/c1-4-5-6-23-29-30-24(27)20(25(31)28-26(30)35-23)15-18-9-12-21(22(16-18)32-3)34-14-13-33-19-10-7-17(2)8-11-19/h7-12,15-16,27H,4-6,13-14H2,1-3H3/b20-15-,27-24?. The number of aliphatic imine (C=N–C) groups is 1. The van der Waals surface area contributed by atoms with Gasteiger partial charge < -0.3 is 14.2 Å². The van der Waals surface area contributed by atoms with Crippen molar-refractivity contribution in [3.8, 4) is 17.2 Å². The Balaban J connectivity index is 1.42. The van der Waals surface area contributed by atoms with Crippen LogP contribution in [0, 0.1) is 12.3 Å². The van der Waals surface area contributed by atoms with Gasteiger partial charge in [0.05, 0.1) is 12.7 Å². The van der Waals surface area contributed by atoms with Crippen molar-refractivity contribution in [2.45, 2.75) is 33.1 Å². The number of benzene rings is 2. The van der Waals surface area contributed by atoms with Gasteiger partial charge in [0, 0.05) is 0 Å². The highest BCUT2D eigenvalue weighted by molar-refractivity contribution is 8.26. The number of hydrogen-bond donors (Lipinski definition) is 1. The van der Waals surface area contributed by atoms with E-state index in [1.54, 1.807) is 31.4 Å². The van der Waals surface area contributed by atoms with E-state index < -0.39 is 5.91 Å². The number of amidine groups is 2. The van der Waals surface area contributed by atoms with E-state index in [-0.39, 0.29) is 11.4 Å². The van der Waals surface area contributed by atoms with Crippen LogP contribution < -0.4 is 14.2 Å². The molecule has 4 rings (SSSR count). The van der Waals surface area contributed by atoms with Gasteiger partial charge in [-0.15, -0.1) is 0 Å². The smallest absolute Gasteiger partial charge is 0.283 e. The van der Waals surface area contributed by atoms with Crippen LogP contribution in [0.5, 0.6) is 17.2 Å². The molecule has 0 aliphatic carbocycles. The van der Waals surface area contributed by atoms with Crippen molar-refractivity contribution in [1.29, 1.82) is 5.41 Å². The number of ether oxygens (including phenoxy) is 3. The Morgan fingerprint density at radius 2 is 1.86 bits per heavy atom. The molecule has 0 aromatic heterocycles. The molecule has 1 amide bonds. The predicted molar refractivity (Wildman–Crippen MR) is 140 cm³/mol. The number of hydrogen-bond acceptors (Lipinski definition) is 7. The highest BCUT2D eigenvalue weighted by Crippen LogP contribution is 2.32. The zero-order valence-corrected chi connectivity index (χ0v) is 20.9. The molecule has 9 heteroatoms. The van der Waals surface area contributed by atoms with Crippen molar-refractivity contribution < 1.29 is 19.0 Å². The van der Waals surface area contributed by atoms with E-state index in [0.29, 0.717) is 35.4 Å². The van der Waals surface area contributed by atoms with Gasteiger partial charge in [-0.2, -0.15) is 15.1 Å². The summed E-state index contributed by atoms with van der Waals surface area (Å²) < 4.78 is 17.0. The maximum absolute atomic E-state index is 12.6. The second-order valence-electron chi connectivity index (χ2n) is 8.04. The van der Waals surface area contributed by atoms with Gasteiger partial charge in [-0.1, -0.05) is 37.1 Å². The second-order valence-corrected chi connectivity index (χ2v) is 9.08. The molecule has 0 radical (unpaired) electrons. The normalized spacial score (nSPS) is 16.2. The van der Waals surface area contributed by atoms with Gasteiger partial charge in [-0.25, -0.2) is 0 Å². The third-order valence-electron chi connectivity index (χ3n) is 5.37. The van der Waals surface area contributed by atoms with Crippen LogP contribution in [0.4, 0.5) is 0 Å². The number of amides is 1.